The van der Waals surface area contributed by atoms with Crippen LogP contribution in [-0.2, 0) is 0 Å². The third-order valence-corrected chi connectivity index (χ3v) is 6.04. The Balaban J connectivity index is 2.03. The fraction of sp³-hybridized carbons (Fsp3) is 1.00. The molecule has 0 spiro atoms. The van der Waals surface area contributed by atoms with Gasteiger partial charge in [-0.15, -0.1) is 0 Å². The van der Waals surface area contributed by atoms with Crippen LogP contribution in [0, 0.1) is 23.7 Å². The minimum absolute atomic E-state index is 0.703. The lowest BCUT2D eigenvalue weighted by atomic mass is 9.77. The third-order valence-electron chi connectivity index (χ3n) is 6.04. The number of hydrogen-bond acceptors (Lipinski definition) is 2. The standard InChI is InChI=1S/C19H38N2/c1-13(2)9-17-12-21(19(11-20-17)14(3)4)18-8-7-15(5)16(6)10-18/h13-20H,7-12H2,1-6H3. The van der Waals surface area contributed by atoms with Gasteiger partial charge in [-0.05, 0) is 49.4 Å². The summed E-state index contributed by atoms with van der Waals surface area (Å²) in [5, 5.41) is 3.83. The molecule has 5 atom stereocenters. The van der Waals surface area contributed by atoms with Crippen LogP contribution in [0.1, 0.15) is 67.2 Å². The van der Waals surface area contributed by atoms with E-state index in [1.165, 1.54) is 38.8 Å². The zero-order valence-corrected chi connectivity index (χ0v) is 15.2. The molecule has 1 aliphatic heterocycles. The minimum atomic E-state index is 0.703. The normalized spacial score (nSPS) is 39.1. The van der Waals surface area contributed by atoms with Crippen LogP contribution in [0.3, 0.4) is 0 Å². The molecule has 2 aliphatic rings. The second-order valence-corrected chi connectivity index (χ2v) is 8.66. The van der Waals surface area contributed by atoms with Gasteiger partial charge in [-0.1, -0.05) is 41.5 Å². The summed E-state index contributed by atoms with van der Waals surface area (Å²) in [5.41, 5.74) is 0. The van der Waals surface area contributed by atoms with E-state index in [0.717, 1.165) is 35.8 Å². The van der Waals surface area contributed by atoms with Gasteiger partial charge in [0.15, 0.2) is 0 Å². The summed E-state index contributed by atoms with van der Waals surface area (Å²) in [4.78, 5) is 2.90. The average molecular weight is 295 g/mol. The number of hydrogen-bond donors (Lipinski definition) is 1. The second kappa shape index (κ2) is 7.46. The molecule has 1 heterocycles. The van der Waals surface area contributed by atoms with Gasteiger partial charge in [0.2, 0.25) is 0 Å². The van der Waals surface area contributed by atoms with Crippen LogP contribution >= 0.6 is 0 Å². The van der Waals surface area contributed by atoms with Crippen molar-refractivity contribution in [2.75, 3.05) is 13.1 Å². The molecule has 0 aromatic rings. The summed E-state index contributed by atoms with van der Waals surface area (Å²) >= 11 is 0. The Morgan fingerprint density at radius 3 is 2.33 bits per heavy atom. The molecule has 2 nitrogen and oxygen atoms in total. The van der Waals surface area contributed by atoms with E-state index in [1.807, 2.05) is 0 Å². The molecule has 2 rings (SSSR count). The molecule has 1 N–H and O–H groups in total. The highest BCUT2D eigenvalue weighted by Gasteiger charge is 2.37. The summed E-state index contributed by atoms with van der Waals surface area (Å²) < 4.78 is 0. The molecule has 0 radical (unpaired) electrons. The number of nitrogens with one attached hydrogen (secondary N) is 1. The topological polar surface area (TPSA) is 15.3 Å². The number of nitrogens with zero attached hydrogens (tertiary/aromatic N) is 1. The lowest BCUT2D eigenvalue weighted by Crippen LogP contribution is -2.62. The first-order chi connectivity index (χ1) is 9.88. The summed E-state index contributed by atoms with van der Waals surface area (Å²) in [6.07, 6.45) is 5.58. The predicted molar refractivity (Wildman–Crippen MR) is 92.5 cm³/mol. The Morgan fingerprint density at radius 1 is 1.05 bits per heavy atom. The summed E-state index contributed by atoms with van der Waals surface area (Å²) in [5.74, 6) is 3.38. The first-order valence-corrected chi connectivity index (χ1v) is 9.37. The van der Waals surface area contributed by atoms with Crippen molar-refractivity contribution in [3.05, 3.63) is 0 Å². The van der Waals surface area contributed by atoms with Gasteiger partial charge in [0.25, 0.3) is 0 Å². The molecular weight excluding hydrogens is 256 g/mol. The molecule has 0 aromatic carbocycles. The van der Waals surface area contributed by atoms with Gasteiger partial charge in [-0.3, -0.25) is 4.90 Å². The van der Waals surface area contributed by atoms with Crippen LogP contribution in [0.5, 0.6) is 0 Å². The quantitative estimate of drug-likeness (QED) is 0.837. The van der Waals surface area contributed by atoms with Crippen molar-refractivity contribution in [1.29, 1.82) is 0 Å². The van der Waals surface area contributed by atoms with Crippen molar-refractivity contribution in [3.63, 3.8) is 0 Å². The maximum absolute atomic E-state index is 3.83. The average Bonchev–Trinajstić information content (AvgIpc) is 2.41. The molecular formula is C19H38N2. The molecule has 0 bridgehead atoms. The van der Waals surface area contributed by atoms with Crippen molar-refractivity contribution in [2.24, 2.45) is 23.7 Å². The molecule has 2 heteroatoms. The summed E-state index contributed by atoms with van der Waals surface area (Å²) in [6, 6.07) is 2.27. The van der Waals surface area contributed by atoms with Crippen molar-refractivity contribution < 1.29 is 0 Å². The largest absolute Gasteiger partial charge is 0.311 e. The van der Waals surface area contributed by atoms with Crippen molar-refractivity contribution in [3.8, 4) is 0 Å². The molecule has 1 aliphatic carbocycles. The van der Waals surface area contributed by atoms with Gasteiger partial charge in [0.05, 0.1) is 0 Å². The van der Waals surface area contributed by atoms with Crippen LogP contribution in [0.15, 0.2) is 0 Å². The Kier molecular flexibility index (Phi) is 6.14. The van der Waals surface area contributed by atoms with E-state index in [0.29, 0.717) is 6.04 Å². The second-order valence-electron chi connectivity index (χ2n) is 8.66. The Bertz CT molecular complexity index is 313. The Morgan fingerprint density at radius 2 is 1.76 bits per heavy atom. The van der Waals surface area contributed by atoms with Crippen LogP contribution in [0.2, 0.25) is 0 Å². The van der Waals surface area contributed by atoms with E-state index in [2.05, 4.69) is 51.8 Å². The van der Waals surface area contributed by atoms with Crippen LogP contribution < -0.4 is 5.32 Å². The molecule has 2 fully saturated rings. The third kappa shape index (κ3) is 4.45. The summed E-state index contributed by atoms with van der Waals surface area (Å²) in [6.45, 7) is 16.9. The highest BCUT2D eigenvalue weighted by atomic mass is 15.3. The zero-order valence-electron chi connectivity index (χ0n) is 15.2. The van der Waals surface area contributed by atoms with E-state index in [-0.39, 0.29) is 0 Å². The van der Waals surface area contributed by atoms with Crippen LogP contribution in [0.4, 0.5) is 0 Å². The van der Waals surface area contributed by atoms with Gasteiger partial charge in [-0.2, -0.15) is 0 Å². The van der Waals surface area contributed by atoms with Crippen LogP contribution in [0.25, 0.3) is 0 Å². The van der Waals surface area contributed by atoms with Gasteiger partial charge in [0, 0.05) is 31.2 Å². The van der Waals surface area contributed by atoms with E-state index in [1.54, 1.807) is 0 Å². The van der Waals surface area contributed by atoms with Crippen molar-refractivity contribution in [2.45, 2.75) is 85.4 Å². The first-order valence-electron chi connectivity index (χ1n) is 9.37. The van der Waals surface area contributed by atoms with Gasteiger partial charge in [0.1, 0.15) is 0 Å². The fourth-order valence-corrected chi connectivity index (χ4v) is 4.44. The lowest BCUT2D eigenvalue weighted by molar-refractivity contribution is 0.0178. The number of piperazine rings is 1. The molecule has 0 amide bonds. The van der Waals surface area contributed by atoms with E-state index >= 15 is 0 Å². The van der Waals surface area contributed by atoms with Gasteiger partial charge >= 0.3 is 0 Å². The van der Waals surface area contributed by atoms with Crippen LogP contribution in [-0.4, -0.2) is 36.1 Å². The molecule has 5 unspecified atom stereocenters. The predicted octanol–water partition coefficient (Wildman–Crippen LogP) is 4.16. The fourth-order valence-electron chi connectivity index (χ4n) is 4.44. The number of rotatable bonds is 4. The monoisotopic (exact) mass is 294 g/mol. The van der Waals surface area contributed by atoms with E-state index in [9.17, 15) is 0 Å². The maximum Gasteiger partial charge on any atom is 0.0247 e. The highest BCUT2D eigenvalue weighted by molar-refractivity contribution is 4.93. The first kappa shape index (κ1) is 17.3. The SMILES string of the molecule is CC(C)CC1CN(C2CCC(C)C(C)C2)C(C(C)C)CN1. The zero-order chi connectivity index (χ0) is 15.6. The molecule has 0 aromatic heterocycles. The molecule has 21 heavy (non-hydrogen) atoms. The summed E-state index contributed by atoms with van der Waals surface area (Å²) in [7, 11) is 0. The van der Waals surface area contributed by atoms with Crippen molar-refractivity contribution >= 4 is 0 Å². The smallest absolute Gasteiger partial charge is 0.0247 e. The van der Waals surface area contributed by atoms with Gasteiger partial charge in [-0.25, -0.2) is 0 Å². The van der Waals surface area contributed by atoms with E-state index < -0.39 is 0 Å². The Labute approximate surface area is 133 Å². The maximum atomic E-state index is 3.83. The lowest BCUT2D eigenvalue weighted by Gasteiger charge is -2.49. The minimum Gasteiger partial charge on any atom is -0.311 e. The molecule has 124 valence electrons. The van der Waals surface area contributed by atoms with E-state index in [4.69, 9.17) is 0 Å². The highest BCUT2D eigenvalue weighted by Crippen LogP contribution is 2.34. The van der Waals surface area contributed by atoms with Gasteiger partial charge < -0.3 is 5.32 Å². The molecule has 1 saturated carbocycles. The van der Waals surface area contributed by atoms with Crippen molar-refractivity contribution in [1.82, 2.24) is 10.2 Å². The molecule has 1 saturated heterocycles. The Hall–Kier alpha value is -0.0800.